The van der Waals surface area contributed by atoms with Gasteiger partial charge in [0.05, 0.1) is 5.39 Å². The molecule has 0 saturated heterocycles. The first kappa shape index (κ1) is 22.4. The number of fused-ring (bicyclic) bond motifs is 1. The first-order valence-corrected chi connectivity index (χ1v) is 10.1. The summed E-state index contributed by atoms with van der Waals surface area (Å²) in [5.74, 6) is -3.01. The van der Waals surface area contributed by atoms with Crippen molar-refractivity contribution < 1.29 is 31.5 Å². The van der Waals surface area contributed by atoms with E-state index in [1.807, 2.05) is 37.3 Å². The maximum atomic E-state index is 13.7. The van der Waals surface area contributed by atoms with Gasteiger partial charge < -0.3 is 13.9 Å². The fourth-order valence-corrected chi connectivity index (χ4v) is 3.30. The molecule has 0 saturated carbocycles. The van der Waals surface area contributed by atoms with Gasteiger partial charge in [-0.25, -0.2) is 4.39 Å². The Morgan fingerprint density at radius 3 is 2.30 bits per heavy atom. The first-order chi connectivity index (χ1) is 15.8. The minimum Gasteiger partial charge on any atom is -0.488 e. The molecule has 4 nitrogen and oxygen atoms in total. The van der Waals surface area contributed by atoms with Crippen LogP contribution in [0.5, 0.6) is 17.2 Å². The first-order valence-electron chi connectivity index (χ1n) is 10.1. The zero-order valence-corrected chi connectivity index (χ0v) is 17.4. The summed E-state index contributed by atoms with van der Waals surface area (Å²) < 4.78 is 70.5. The van der Waals surface area contributed by atoms with Gasteiger partial charge in [0.2, 0.25) is 11.2 Å². The topological polar surface area (TPSA) is 48.7 Å². The third-order valence-corrected chi connectivity index (χ3v) is 4.94. The standard InChI is InChI=1S/C25H18F4O4/c1-2-16-12-19-21(13-20(16)31-14-15-6-4-3-5-7-15)33-24(25(27,28)29)23(22(19)30)32-18-10-8-17(26)9-11-18/h3-13H,2,14H2,1H3. The minimum atomic E-state index is -5.00. The van der Waals surface area contributed by atoms with E-state index in [9.17, 15) is 22.4 Å². The molecule has 0 fully saturated rings. The van der Waals surface area contributed by atoms with E-state index in [4.69, 9.17) is 13.9 Å². The molecule has 170 valence electrons. The van der Waals surface area contributed by atoms with Crippen LogP contribution in [0.4, 0.5) is 17.6 Å². The molecule has 4 aromatic rings. The van der Waals surface area contributed by atoms with Crippen LogP contribution in [-0.4, -0.2) is 0 Å². The second-order valence-electron chi connectivity index (χ2n) is 7.23. The number of hydrogen-bond acceptors (Lipinski definition) is 4. The number of hydrogen-bond donors (Lipinski definition) is 0. The fourth-order valence-electron chi connectivity index (χ4n) is 3.30. The van der Waals surface area contributed by atoms with E-state index in [2.05, 4.69) is 0 Å². The Morgan fingerprint density at radius 1 is 0.970 bits per heavy atom. The summed E-state index contributed by atoms with van der Waals surface area (Å²) in [4.78, 5) is 13.0. The van der Waals surface area contributed by atoms with Gasteiger partial charge in [0.1, 0.15) is 29.5 Å². The number of ether oxygens (including phenoxy) is 2. The Kier molecular flexibility index (Phi) is 6.09. The van der Waals surface area contributed by atoms with Crippen molar-refractivity contribution in [3.8, 4) is 17.2 Å². The van der Waals surface area contributed by atoms with E-state index in [0.717, 1.165) is 29.8 Å². The molecule has 0 aliphatic heterocycles. The third kappa shape index (κ3) is 4.84. The van der Waals surface area contributed by atoms with E-state index in [-0.39, 0.29) is 23.3 Å². The number of benzene rings is 3. The van der Waals surface area contributed by atoms with Gasteiger partial charge in [0.25, 0.3) is 5.76 Å². The summed E-state index contributed by atoms with van der Waals surface area (Å²) in [7, 11) is 0. The highest BCUT2D eigenvalue weighted by Gasteiger charge is 2.40. The molecule has 0 aliphatic rings. The lowest BCUT2D eigenvalue weighted by molar-refractivity contribution is -0.154. The van der Waals surface area contributed by atoms with Crippen LogP contribution in [0.15, 0.2) is 75.9 Å². The normalized spacial score (nSPS) is 11.5. The van der Waals surface area contributed by atoms with Crippen LogP contribution in [0.3, 0.4) is 0 Å². The van der Waals surface area contributed by atoms with Gasteiger partial charge in [-0.05, 0) is 47.9 Å². The van der Waals surface area contributed by atoms with E-state index >= 15 is 0 Å². The van der Waals surface area contributed by atoms with Crippen LogP contribution in [-0.2, 0) is 19.2 Å². The van der Waals surface area contributed by atoms with E-state index in [1.54, 1.807) is 0 Å². The maximum absolute atomic E-state index is 13.7. The molecule has 0 atom stereocenters. The molecule has 3 aromatic carbocycles. The highest BCUT2D eigenvalue weighted by molar-refractivity contribution is 5.81. The zero-order chi connectivity index (χ0) is 23.6. The van der Waals surface area contributed by atoms with Crippen molar-refractivity contribution in [2.45, 2.75) is 26.1 Å². The van der Waals surface area contributed by atoms with E-state index < -0.39 is 28.9 Å². The molecule has 0 amide bonds. The Labute approximate surface area is 186 Å². The highest BCUT2D eigenvalue weighted by Crippen LogP contribution is 2.39. The van der Waals surface area contributed by atoms with Gasteiger partial charge in [-0.2, -0.15) is 13.2 Å². The van der Waals surface area contributed by atoms with E-state index in [0.29, 0.717) is 17.7 Å². The average molecular weight is 458 g/mol. The predicted octanol–water partition coefficient (Wildman–Crippen LogP) is 6.88. The van der Waals surface area contributed by atoms with Crippen LogP contribution in [0, 0.1) is 5.82 Å². The lowest BCUT2D eigenvalue weighted by Crippen LogP contribution is -2.16. The molecule has 0 N–H and O–H groups in total. The highest BCUT2D eigenvalue weighted by atomic mass is 19.4. The van der Waals surface area contributed by atoms with Crippen molar-refractivity contribution >= 4 is 11.0 Å². The van der Waals surface area contributed by atoms with Gasteiger partial charge >= 0.3 is 6.18 Å². The van der Waals surface area contributed by atoms with Gasteiger partial charge in [0, 0.05) is 6.07 Å². The number of alkyl halides is 3. The van der Waals surface area contributed by atoms with Crippen molar-refractivity contribution in [2.75, 3.05) is 0 Å². The monoisotopic (exact) mass is 458 g/mol. The lowest BCUT2D eigenvalue weighted by Gasteiger charge is -2.15. The van der Waals surface area contributed by atoms with Crippen molar-refractivity contribution in [3.05, 3.63) is 99.7 Å². The Bertz CT molecular complexity index is 1330. The summed E-state index contributed by atoms with van der Waals surface area (Å²) in [6.45, 7) is 2.03. The zero-order valence-electron chi connectivity index (χ0n) is 17.4. The van der Waals surface area contributed by atoms with Crippen LogP contribution in [0.2, 0.25) is 0 Å². The van der Waals surface area contributed by atoms with Crippen LogP contribution < -0.4 is 14.9 Å². The molecule has 8 heteroatoms. The molecule has 0 bridgehead atoms. The fraction of sp³-hybridized carbons (Fsp3) is 0.160. The van der Waals surface area contributed by atoms with Gasteiger partial charge in [-0.1, -0.05) is 37.3 Å². The lowest BCUT2D eigenvalue weighted by atomic mass is 10.1. The molecule has 0 unspecified atom stereocenters. The second kappa shape index (κ2) is 8.97. The number of aryl methyl sites for hydroxylation is 1. The summed E-state index contributed by atoms with van der Waals surface area (Å²) in [5.41, 5.74) is 0.231. The average Bonchev–Trinajstić information content (AvgIpc) is 2.80. The maximum Gasteiger partial charge on any atom is 0.453 e. The molecule has 0 aliphatic carbocycles. The van der Waals surface area contributed by atoms with Crippen LogP contribution >= 0.6 is 0 Å². The molecule has 1 aromatic heterocycles. The molecule has 1 heterocycles. The SMILES string of the molecule is CCc1cc2c(=O)c(Oc3ccc(F)cc3)c(C(F)(F)F)oc2cc1OCc1ccccc1. The molecule has 0 radical (unpaired) electrons. The third-order valence-electron chi connectivity index (χ3n) is 4.94. The summed E-state index contributed by atoms with van der Waals surface area (Å²) >= 11 is 0. The van der Waals surface area contributed by atoms with Crippen molar-refractivity contribution in [1.82, 2.24) is 0 Å². The summed E-state index contributed by atoms with van der Waals surface area (Å²) in [5, 5.41) is -0.0796. The van der Waals surface area contributed by atoms with E-state index in [1.165, 1.54) is 12.1 Å². The molecular weight excluding hydrogens is 440 g/mol. The van der Waals surface area contributed by atoms with Crippen molar-refractivity contribution in [1.29, 1.82) is 0 Å². The quantitative estimate of drug-likeness (QED) is 0.296. The Balaban J connectivity index is 1.81. The van der Waals surface area contributed by atoms with Crippen molar-refractivity contribution in [3.63, 3.8) is 0 Å². The molecule has 0 spiro atoms. The predicted molar refractivity (Wildman–Crippen MR) is 114 cm³/mol. The largest absolute Gasteiger partial charge is 0.488 e. The summed E-state index contributed by atoms with van der Waals surface area (Å²) in [6, 6.07) is 16.3. The van der Waals surface area contributed by atoms with Crippen LogP contribution in [0.1, 0.15) is 23.8 Å². The van der Waals surface area contributed by atoms with Crippen molar-refractivity contribution in [2.24, 2.45) is 0 Å². The second-order valence-corrected chi connectivity index (χ2v) is 7.23. The molecule has 33 heavy (non-hydrogen) atoms. The smallest absolute Gasteiger partial charge is 0.453 e. The summed E-state index contributed by atoms with van der Waals surface area (Å²) in [6.07, 6.45) is -4.54. The Hall–Kier alpha value is -3.81. The van der Waals surface area contributed by atoms with Gasteiger partial charge in [-0.3, -0.25) is 4.79 Å². The van der Waals surface area contributed by atoms with Gasteiger partial charge in [0.15, 0.2) is 0 Å². The number of rotatable bonds is 6. The number of halogens is 4. The Morgan fingerprint density at radius 2 is 1.67 bits per heavy atom. The minimum absolute atomic E-state index is 0.0796. The van der Waals surface area contributed by atoms with Crippen LogP contribution in [0.25, 0.3) is 11.0 Å². The molecular formula is C25H18F4O4. The van der Waals surface area contributed by atoms with Gasteiger partial charge in [-0.15, -0.1) is 0 Å². The molecule has 4 rings (SSSR count).